The average Bonchev–Trinajstić information content (AvgIpc) is 2.71. The van der Waals surface area contributed by atoms with E-state index in [0.29, 0.717) is 5.65 Å². The molecule has 0 saturated carbocycles. The SMILES string of the molecule is [B]CSC(SC)=C1c2ccccc2N(c2ccccc2)c2ccccc21. The molecule has 0 amide bonds. The number of para-hydroxylation sites is 3. The van der Waals surface area contributed by atoms with Crippen LogP contribution < -0.4 is 4.90 Å². The van der Waals surface area contributed by atoms with E-state index in [9.17, 15) is 0 Å². The van der Waals surface area contributed by atoms with Crippen molar-refractivity contribution in [2.75, 3.05) is 16.8 Å². The van der Waals surface area contributed by atoms with Crippen LogP contribution in [-0.2, 0) is 0 Å². The molecular formula is C22H18BNS2. The van der Waals surface area contributed by atoms with Crippen molar-refractivity contribution in [2.45, 2.75) is 0 Å². The molecule has 3 aromatic carbocycles. The number of benzene rings is 3. The van der Waals surface area contributed by atoms with Gasteiger partial charge in [-0.15, -0.1) is 23.5 Å². The van der Waals surface area contributed by atoms with Crippen LogP contribution >= 0.6 is 23.5 Å². The fourth-order valence-corrected chi connectivity index (χ4v) is 5.03. The van der Waals surface area contributed by atoms with Crippen molar-refractivity contribution in [1.82, 2.24) is 0 Å². The normalized spacial score (nSPS) is 12.5. The summed E-state index contributed by atoms with van der Waals surface area (Å²) in [6.45, 7) is 0. The molecule has 0 unspecified atom stereocenters. The second-order valence-corrected chi connectivity index (χ2v) is 7.99. The van der Waals surface area contributed by atoms with Gasteiger partial charge >= 0.3 is 0 Å². The summed E-state index contributed by atoms with van der Waals surface area (Å²) in [4.78, 5) is 2.35. The maximum atomic E-state index is 5.88. The van der Waals surface area contributed by atoms with Gasteiger partial charge < -0.3 is 4.90 Å². The fraction of sp³-hybridized carbons (Fsp3) is 0.0909. The maximum absolute atomic E-state index is 5.88. The van der Waals surface area contributed by atoms with Crippen molar-refractivity contribution in [3.63, 3.8) is 0 Å². The lowest BCUT2D eigenvalue weighted by molar-refractivity contribution is 1.24. The monoisotopic (exact) mass is 371 g/mol. The first kappa shape index (κ1) is 17.4. The van der Waals surface area contributed by atoms with E-state index >= 15 is 0 Å². The summed E-state index contributed by atoms with van der Waals surface area (Å²) in [5, 5.41) is 0. The second kappa shape index (κ2) is 7.69. The van der Waals surface area contributed by atoms with Crippen LogP contribution in [0.15, 0.2) is 83.1 Å². The molecule has 4 heteroatoms. The number of nitrogens with zero attached hydrogens (tertiary/aromatic N) is 1. The van der Waals surface area contributed by atoms with Crippen molar-refractivity contribution in [3.8, 4) is 0 Å². The van der Waals surface area contributed by atoms with Gasteiger partial charge in [0.15, 0.2) is 0 Å². The third-order valence-corrected chi connectivity index (χ3v) is 6.51. The van der Waals surface area contributed by atoms with Crippen molar-refractivity contribution in [3.05, 3.63) is 94.2 Å². The van der Waals surface area contributed by atoms with E-state index in [-0.39, 0.29) is 0 Å². The van der Waals surface area contributed by atoms with Crippen LogP contribution in [0.2, 0.25) is 0 Å². The minimum Gasteiger partial charge on any atom is -0.309 e. The Morgan fingerprint density at radius 2 is 1.35 bits per heavy atom. The van der Waals surface area contributed by atoms with Gasteiger partial charge in [-0.1, -0.05) is 54.6 Å². The Morgan fingerprint density at radius 3 is 1.88 bits per heavy atom. The van der Waals surface area contributed by atoms with E-state index in [1.165, 1.54) is 38.0 Å². The molecule has 1 aliphatic rings. The number of anilines is 3. The molecule has 126 valence electrons. The van der Waals surface area contributed by atoms with Crippen molar-refractivity contribution < 1.29 is 0 Å². The zero-order valence-corrected chi connectivity index (χ0v) is 16.2. The van der Waals surface area contributed by atoms with Crippen LogP contribution in [0.5, 0.6) is 0 Å². The number of thioether (sulfide) groups is 2. The Labute approximate surface area is 164 Å². The lowest BCUT2D eigenvalue weighted by atomic mass is 9.91. The molecule has 0 aliphatic carbocycles. The highest BCUT2D eigenvalue weighted by Gasteiger charge is 2.28. The first-order chi connectivity index (χ1) is 12.8. The highest BCUT2D eigenvalue weighted by Crippen LogP contribution is 2.51. The molecule has 0 N–H and O–H groups in total. The Hall–Kier alpha value is -2.04. The predicted molar refractivity (Wildman–Crippen MR) is 119 cm³/mol. The van der Waals surface area contributed by atoms with Gasteiger partial charge in [0.1, 0.15) is 0 Å². The van der Waals surface area contributed by atoms with E-state index in [0.717, 1.165) is 0 Å². The van der Waals surface area contributed by atoms with Crippen LogP contribution in [-0.4, -0.2) is 19.8 Å². The molecule has 2 radical (unpaired) electrons. The average molecular weight is 371 g/mol. The molecule has 0 spiro atoms. The van der Waals surface area contributed by atoms with Crippen molar-refractivity contribution in [2.24, 2.45) is 0 Å². The third kappa shape index (κ3) is 2.98. The number of hydrogen-bond acceptors (Lipinski definition) is 3. The smallest absolute Gasteiger partial charge is 0.0804 e. The lowest BCUT2D eigenvalue weighted by Gasteiger charge is -2.35. The van der Waals surface area contributed by atoms with Crippen LogP contribution in [0.25, 0.3) is 5.57 Å². The van der Waals surface area contributed by atoms with Gasteiger partial charge in [0.25, 0.3) is 0 Å². The van der Waals surface area contributed by atoms with Gasteiger partial charge in [0.05, 0.1) is 19.2 Å². The second-order valence-electron chi connectivity index (χ2n) is 5.88. The molecule has 0 atom stereocenters. The molecule has 0 saturated heterocycles. The first-order valence-corrected chi connectivity index (χ1v) is 10.7. The zero-order chi connectivity index (χ0) is 17.9. The molecule has 4 rings (SSSR count). The quantitative estimate of drug-likeness (QED) is 0.382. The van der Waals surface area contributed by atoms with E-state index in [1.807, 2.05) is 0 Å². The van der Waals surface area contributed by atoms with E-state index < -0.39 is 0 Å². The van der Waals surface area contributed by atoms with Crippen LogP contribution in [0.4, 0.5) is 17.1 Å². The first-order valence-electron chi connectivity index (χ1n) is 8.50. The predicted octanol–water partition coefficient (Wildman–Crippen LogP) is 6.41. The van der Waals surface area contributed by atoms with Gasteiger partial charge in [-0.3, -0.25) is 0 Å². The van der Waals surface area contributed by atoms with Crippen molar-refractivity contribution >= 4 is 54.0 Å². The standard InChI is InChI=1S/C22H18BNS2/c1-25-22(26-15-23)21-17-11-5-7-13-19(17)24(16-9-3-2-4-10-16)20-14-8-6-12-18(20)21/h2-14H,15H2,1H3. The van der Waals surface area contributed by atoms with Crippen LogP contribution in [0.1, 0.15) is 11.1 Å². The molecule has 0 fully saturated rings. The molecular weight excluding hydrogens is 353 g/mol. The molecule has 3 aromatic rings. The summed E-state index contributed by atoms with van der Waals surface area (Å²) in [5.74, 6) is 0. The van der Waals surface area contributed by atoms with Gasteiger partial charge in [0, 0.05) is 26.6 Å². The zero-order valence-electron chi connectivity index (χ0n) is 14.6. The summed E-state index contributed by atoms with van der Waals surface area (Å²) in [7, 11) is 5.88. The molecule has 1 nitrogen and oxygen atoms in total. The number of hydrogen-bond donors (Lipinski definition) is 0. The van der Waals surface area contributed by atoms with Crippen LogP contribution in [0, 0.1) is 0 Å². The molecule has 1 heterocycles. The Balaban J connectivity index is 2.04. The topological polar surface area (TPSA) is 3.24 Å². The van der Waals surface area contributed by atoms with E-state index in [4.69, 9.17) is 7.85 Å². The van der Waals surface area contributed by atoms with Crippen molar-refractivity contribution in [1.29, 1.82) is 0 Å². The molecule has 1 aliphatic heterocycles. The Kier molecular flexibility index (Phi) is 5.14. The highest BCUT2D eigenvalue weighted by atomic mass is 32.2. The summed E-state index contributed by atoms with van der Waals surface area (Å²) in [6.07, 6.45) is 2.12. The minimum atomic E-state index is 0.576. The lowest BCUT2D eigenvalue weighted by Crippen LogP contribution is -2.18. The maximum Gasteiger partial charge on any atom is 0.0804 e. The van der Waals surface area contributed by atoms with Crippen LogP contribution in [0.3, 0.4) is 0 Å². The number of rotatable bonds is 4. The fourth-order valence-electron chi connectivity index (χ4n) is 3.42. The largest absolute Gasteiger partial charge is 0.309 e. The Morgan fingerprint density at radius 1 is 0.808 bits per heavy atom. The highest BCUT2D eigenvalue weighted by molar-refractivity contribution is 8.22. The Bertz CT molecular complexity index is 904. The molecule has 0 aromatic heterocycles. The third-order valence-electron chi connectivity index (χ3n) is 4.45. The van der Waals surface area contributed by atoms with Gasteiger partial charge in [-0.25, -0.2) is 0 Å². The number of fused-ring (bicyclic) bond motifs is 2. The van der Waals surface area contributed by atoms with Gasteiger partial charge in [0.2, 0.25) is 0 Å². The summed E-state index contributed by atoms with van der Waals surface area (Å²) in [5.41, 5.74) is 7.94. The summed E-state index contributed by atoms with van der Waals surface area (Å²) < 4.78 is 1.26. The summed E-state index contributed by atoms with van der Waals surface area (Å²) >= 11 is 3.48. The van der Waals surface area contributed by atoms with Gasteiger partial charge in [-0.2, -0.15) is 0 Å². The molecule has 0 bridgehead atoms. The molecule has 26 heavy (non-hydrogen) atoms. The van der Waals surface area contributed by atoms with Gasteiger partial charge in [-0.05, 0) is 36.2 Å². The minimum absolute atomic E-state index is 0.576. The van der Waals surface area contributed by atoms with E-state index in [2.05, 4.69) is 90.0 Å². The summed E-state index contributed by atoms with van der Waals surface area (Å²) in [6, 6.07) is 27.8. The van der Waals surface area contributed by atoms with E-state index in [1.54, 1.807) is 23.5 Å².